The first-order chi connectivity index (χ1) is 10.7. The topological polar surface area (TPSA) is 0 Å². The molecule has 2 heteroatoms. The maximum absolute atomic E-state index is 2.20. The van der Waals surface area contributed by atoms with Crippen LogP contribution < -0.4 is 0 Å². The van der Waals surface area contributed by atoms with Gasteiger partial charge in [-0.1, -0.05) is 71.0 Å². The zero-order chi connectivity index (χ0) is 15.4. The van der Waals surface area contributed by atoms with Crippen LogP contribution >= 0.6 is 23.5 Å². The van der Waals surface area contributed by atoms with Crippen LogP contribution in [0.3, 0.4) is 0 Å². The van der Waals surface area contributed by atoms with Crippen LogP contribution in [-0.4, -0.2) is 0 Å². The van der Waals surface area contributed by atoms with Crippen LogP contribution in [0.15, 0.2) is 92.4 Å². The fourth-order valence-electron chi connectivity index (χ4n) is 2.09. The van der Waals surface area contributed by atoms with E-state index in [0.717, 1.165) is 0 Å². The average molecular weight is 322 g/mol. The van der Waals surface area contributed by atoms with Crippen molar-refractivity contribution in [1.29, 1.82) is 0 Å². The van der Waals surface area contributed by atoms with Crippen LogP contribution in [0.25, 0.3) is 0 Å². The first-order valence-corrected chi connectivity index (χ1v) is 8.92. The molecule has 0 aliphatic heterocycles. The summed E-state index contributed by atoms with van der Waals surface area (Å²) in [6, 6.07) is 26.0. The van der Waals surface area contributed by atoms with Crippen molar-refractivity contribution in [2.45, 2.75) is 33.4 Å². The second-order valence-electron chi connectivity index (χ2n) is 5.28. The van der Waals surface area contributed by atoms with Gasteiger partial charge in [0, 0.05) is 19.6 Å². The molecule has 0 fully saturated rings. The summed E-state index contributed by atoms with van der Waals surface area (Å²) in [6.45, 7) is 4.24. The molecule has 0 nitrogen and oxygen atoms in total. The van der Waals surface area contributed by atoms with E-state index < -0.39 is 0 Å². The second kappa shape index (κ2) is 7.08. The standard InChI is InChI=1S/C20H18S2/c1-15-7-11-17(12-8-15)21-19-5-3-4-6-20(19)22-18-13-9-16(2)10-14-18/h3-14H,1-2H3. The molecule has 0 aliphatic carbocycles. The Morgan fingerprint density at radius 2 is 0.864 bits per heavy atom. The smallest absolute Gasteiger partial charge is 0.0261 e. The van der Waals surface area contributed by atoms with Crippen LogP contribution in [0.5, 0.6) is 0 Å². The third-order valence-corrected chi connectivity index (χ3v) is 5.64. The summed E-state index contributed by atoms with van der Waals surface area (Å²) >= 11 is 3.65. The zero-order valence-corrected chi connectivity index (χ0v) is 14.4. The summed E-state index contributed by atoms with van der Waals surface area (Å²) in [7, 11) is 0. The van der Waals surface area contributed by atoms with Crippen molar-refractivity contribution in [3.05, 3.63) is 83.9 Å². The van der Waals surface area contributed by atoms with Crippen molar-refractivity contribution in [1.82, 2.24) is 0 Å². The van der Waals surface area contributed by atoms with Crippen LogP contribution in [-0.2, 0) is 0 Å². The first-order valence-electron chi connectivity index (χ1n) is 7.29. The van der Waals surface area contributed by atoms with Gasteiger partial charge in [-0.05, 0) is 50.2 Å². The highest BCUT2D eigenvalue weighted by Gasteiger charge is 2.06. The molecule has 3 aromatic carbocycles. The highest BCUT2D eigenvalue weighted by Crippen LogP contribution is 2.38. The molecule has 0 aliphatic rings. The molecule has 3 aromatic rings. The first kappa shape index (κ1) is 15.3. The second-order valence-corrected chi connectivity index (χ2v) is 7.51. The molecule has 0 unspecified atom stereocenters. The third-order valence-electron chi connectivity index (χ3n) is 3.35. The van der Waals surface area contributed by atoms with E-state index in [9.17, 15) is 0 Å². The van der Waals surface area contributed by atoms with Gasteiger partial charge in [0.1, 0.15) is 0 Å². The molecule has 3 rings (SSSR count). The Balaban J connectivity index is 1.83. The van der Waals surface area contributed by atoms with Gasteiger partial charge >= 0.3 is 0 Å². The molecule has 0 amide bonds. The van der Waals surface area contributed by atoms with Gasteiger partial charge in [-0.3, -0.25) is 0 Å². The van der Waals surface area contributed by atoms with E-state index in [1.165, 1.54) is 30.7 Å². The van der Waals surface area contributed by atoms with E-state index in [2.05, 4.69) is 86.6 Å². The van der Waals surface area contributed by atoms with Gasteiger partial charge in [0.2, 0.25) is 0 Å². The zero-order valence-electron chi connectivity index (χ0n) is 12.7. The third kappa shape index (κ3) is 3.96. The van der Waals surface area contributed by atoms with Gasteiger partial charge in [-0.15, -0.1) is 0 Å². The van der Waals surface area contributed by atoms with Crippen LogP contribution in [0.4, 0.5) is 0 Å². The lowest BCUT2D eigenvalue weighted by molar-refractivity contribution is 1.23. The summed E-state index contributed by atoms with van der Waals surface area (Å²) in [4.78, 5) is 5.17. The molecule has 0 radical (unpaired) electrons. The Morgan fingerprint density at radius 1 is 0.500 bits per heavy atom. The minimum absolute atomic E-state index is 1.28. The summed E-state index contributed by atoms with van der Waals surface area (Å²) in [6.07, 6.45) is 0. The predicted molar refractivity (Wildman–Crippen MR) is 97.0 cm³/mol. The van der Waals surface area contributed by atoms with E-state index in [4.69, 9.17) is 0 Å². The molecule has 0 saturated carbocycles. The van der Waals surface area contributed by atoms with Gasteiger partial charge in [0.15, 0.2) is 0 Å². The van der Waals surface area contributed by atoms with Gasteiger partial charge in [-0.25, -0.2) is 0 Å². The normalized spacial score (nSPS) is 10.6. The molecule has 0 heterocycles. The lowest BCUT2D eigenvalue weighted by Gasteiger charge is -2.09. The fraction of sp³-hybridized carbons (Fsp3) is 0.100. The molecule has 0 saturated heterocycles. The SMILES string of the molecule is Cc1ccc(Sc2ccccc2Sc2ccc(C)cc2)cc1. The minimum atomic E-state index is 1.28. The maximum Gasteiger partial charge on any atom is 0.0261 e. The highest BCUT2D eigenvalue weighted by molar-refractivity contribution is 8.02. The van der Waals surface area contributed by atoms with Gasteiger partial charge < -0.3 is 0 Å². The number of rotatable bonds is 4. The molecule has 110 valence electrons. The quantitative estimate of drug-likeness (QED) is 0.530. The summed E-state index contributed by atoms with van der Waals surface area (Å²) < 4.78 is 0. The Labute approximate surface area is 141 Å². The fourth-order valence-corrected chi connectivity index (χ4v) is 4.02. The molecular formula is C20H18S2. The van der Waals surface area contributed by atoms with Gasteiger partial charge in [0.25, 0.3) is 0 Å². The molecule has 0 bridgehead atoms. The number of benzene rings is 3. The molecule has 22 heavy (non-hydrogen) atoms. The monoisotopic (exact) mass is 322 g/mol. The molecule has 0 atom stereocenters. The minimum Gasteiger partial charge on any atom is -0.0889 e. The number of hydrogen-bond donors (Lipinski definition) is 0. The van der Waals surface area contributed by atoms with Gasteiger partial charge in [-0.2, -0.15) is 0 Å². The van der Waals surface area contributed by atoms with Crippen molar-refractivity contribution < 1.29 is 0 Å². The van der Waals surface area contributed by atoms with Gasteiger partial charge in [0.05, 0.1) is 0 Å². The van der Waals surface area contributed by atoms with Crippen molar-refractivity contribution in [2.24, 2.45) is 0 Å². The summed E-state index contributed by atoms with van der Waals surface area (Å²) in [5.74, 6) is 0. The molecule has 0 N–H and O–H groups in total. The van der Waals surface area contributed by atoms with Crippen LogP contribution in [0.1, 0.15) is 11.1 Å². The molecule has 0 spiro atoms. The Morgan fingerprint density at radius 3 is 1.23 bits per heavy atom. The average Bonchev–Trinajstić information content (AvgIpc) is 2.54. The predicted octanol–water partition coefficient (Wildman–Crippen LogP) is 6.61. The van der Waals surface area contributed by atoms with E-state index in [0.29, 0.717) is 0 Å². The number of hydrogen-bond acceptors (Lipinski definition) is 2. The largest absolute Gasteiger partial charge is 0.0889 e. The Hall–Kier alpha value is -1.64. The van der Waals surface area contributed by atoms with Crippen molar-refractivity contribution in [3.63, 3.8) is 0 Å². The van der Waals surface area contributed by atoms with Crippen molar-refractivity contribution in [3.8, 4) is 0 Å². The highest BCUT2D eigenvalue weighted by atomic mass is 32.2. The summed E-state index contributed by atoms with van der Waals surface area (Å²) in [5, 5.41) is 0. The lowest BCUT2D eigenvalue weighted by atomic mass is 10.2. The van der Waals surface area contributed by atoms with E-state index >= 15 is 0 Å². The lowest BCUT2D eigenvalue weighted by Crippen LogP contribution is -1.81. The van der Waals surface area contributed by atoms with Crippen molar-refractivity contribution in [2.75, 3.05) is 0 Å². The molecule has 0 aromatic heterocycles. The van der Waals surface area contributed by atoms with E-state index in [1.54, 1.807) is 0 Å². The molecular weight excluding hydrogens is 304 g/mol. The maximum atomic E-state index is 2.20. The van der Waals surface area contributed by atoms with Crippen molar-refractivity contribution >= 4 is 23.5 Å². The van der Waals surface area contributed by atoms with Crippen LogP contribution in [0, 0.1) is 13.8 Å². The summed E-state index contributed by atoms with van der Waals surface area (Å²) in [5.41, 5.74) is 2.60. The Kier molecular flexibility index (Phi) is 4.91. The van der Waals surface area contributed by atoms with E-state index in [-0.39, 0.29) is 0 Å². The Bertz CT molecular complexity index is 677. The van der Waals surface area contributed by atoms with E-state index in [1.807, 2.05) is 23.5 Å². The van der Waals surface area contributed by atoms with Crippen LogP contribution in [0.2, 0.25) is 0 Å². The number of aryl methyl sites for hydroxylation is 2.